The van der Waals surface area contributed by atoms with E-state index in [-0.39, 0.29) is 0 Å². The number of rotatable bonds is 4. The van der Waals surface area contributed by atoms with Crippen LogP contribution in [-0.2, 0) is 0 Å². The van der Waals surface area contributed by atoms with Crippen LogP contribution in [0.2, 0.25) is 5.02 Å². The van der Waals surface area contributed by atoms with Gasteiger partial charge in [0.2, 0.25) is 11.8 Å². The summed E-state index contributed by atoms with van der Waals surface area (Å²) in [6.45, 7) is 6.50. The van der Waals surface area contributed by atoms with Crippen LogP contribution in [0.3, 0.4) is 0 Å². The molecule has 3 heterocycles. The molecule has 3 rings (SSSR count). The van der Waals surface area contributed by atoms with Gasteiger partial charge in [0.15, 0.2) is 0 Å². The number of aromatic nitrogens is 4. The Morgan fingerprint density at radius 2 is 1.83 bits per heavy atom. The highest BCUT2D eigenvalue weighted by molar-refractivity contribution is 6.30. The third-order valence-electron chi connectivity index (χ3n) is 4.25. The number of anilines is 1. The number of nitrogens with zero attached hydrogens (tertiary/aromatic N) is 5. The van der Waals surface area contributed by atoms with Crippen molar-refractivity contribution in [1.82, 2.24) is 19.9 Å². The second-order valence-electron chi connectivity index (χ2n) is 5.83. The smallest absolute Gasteiger partial charge is 0.225 e. The quantitative estimate of drug-likeness (QED) is 0.857. The Balaban J connectivity index is 1.51. The predicted octanol–water partition coefficient (Wildman–Crippen LogP) is 2.83. The lowest BCUT2D eigenvalue weighted by Crippen LogP contribution is -2.36. The molecule has 0 spiro atoms. The second kappa shape index (κ2) is 7.08. The van der Waals surface area contributed by atoms with Crippen molar-refractivity contribution >= 4 is 17.5 Å². The molecule has 0 aromatic carbocycles. The van der Waals surface area contributed by atoms with Gasteiger partial charge in [-0.1, -0.05) is 11.6 Å². The van der Waals surface area contributed by atoms with Gasteiger partial charge in [0.25, 0.3) is 0 Å². The van der Waals surface area contributed by atoms with Crippen molar-refractivity contribution in [2.45, 2.75) is 26.7 Å². The first kappa shape index (κ1) is 15.9. The first-order valence-electron chi connectivity index (χ1n) is 7.77. The van der Waals surface area contributed by atoms with Gasteiger partial charge >= 0.3 is 0 Å². The van der Waals surface area contributed by atoms with Crippen molar-refractivity contribution in [2.75, 3.05) is 24.6 Å². The number of hydrogen-bond acceptors (Lipinski definition) is 6. The average molecular weight is 334 g/mol. The highest BCUT2D eigenvalue weighted by Gasteiger charge is 2.22. The van der Waals surface area contributed by atoms with E-state index in [1.54, 1.807) is 18.7 Å². The van der Waals surface area contributed by atoms with Crippen LogP contribution in [0.5, 0.6) is 5.88 Å². The van der Waals surface area contributed by atoms with Crippen molar-refractivity contribution in [3.63, 3.8) is 0 Å². The fraction of sp³-hybridized carbons (Fsp3) is 0.500. The molecule has 0 aliphatic carbocycles. The van der Waals surface area contributed by atoms with Crippen LogP contribution in [0, 0.1) is 19.8 Å². The second-order valence-corrected chi connectivity index (χ2v) is 6.27. The maximum Gasteiger partial charge on any atom is 0.225 e. The van der Waals surface area contributed by atoms with Crippen molar-refractivity contribution in [2.24, 2.45) is 5.92 Å². The van der Waals surface area contributed by atoms with E-state index in [4.69, 9.17) is 16.3 Å². The van der Waals surface area contributed by atoms with Gasteiger partial charge in [0.1, 0.15) is 6.33 Å². The SMILES string of the molecule is Cc1ncnc(OCC2CCN(c3ncc(Cl)cn3)CC2)c1C. The van der Waals surface area contributed by atoms with E-state index in [1.807, 2.05) is 13.8 Å². The number of piperidine rings is 1. The zero-order valence-corrected chi connectivity index (χ0v) is 14.1. The standard InChI is InChI=1S/C16H20ClN5O/c1-11-12(2)20-10-21-15(11)23-9-13-3-5-22(6-4-13)16-18-7-14(17)8-19-16/h7-8,10,13H,3-6,9H2,1-2H3. The molecule has 0 saturated carbocycles. The molecule has 1 fully saturated rings. The summed E-state index contributed by atoms with van der Waals surface area (Å²) < 4.78 is 5.90. The minimum Gasteiger partial charge on any atom is -0.477 e. The number of ether oxygens (including phenoxy) is 1. The van der Waals surface area contributed by atoms with E-state index in [2.05, 4.69) is 24.8 Å². The van der Waals surface area contributed by atoms with Crippen molar-refractivity contribution < 1.29 is 4.74 Å². The summed E-state index contributed by atoms with van der Waals surface area (Å²) in [5.41, 5.74) is 1.98. The fourth-order valence-electron chi connectivity index (χ4n) is 2.63. The molecule has 122 valence electrons. The van der Waals surface area contributed by atoms with Crippen LogP contribution in [0.1, 0.15) is 24.1 Å². The van der Waals surface area contributed by atoms with Crippen molar-refractivity contribution in [1.29, 1.82) is 0 Å². The van der Waals surface area contributed by atoms with Crippen molar-refractivity contribution in [3.05, 3.63) is 35.0 Å². The summed E-state index contributed by atoms with van der Waals surface area (Å²) >= 11 is 5.83. The summed E-state index contributed by atoms with van der Waals surface area (Å²) in [5, 5.41) is 0.563. The maximum atomic E-state index is 5.90. The Bertz CT molecular complexity index is 656. The lowest BCUT2D eigenvalue weighted by Gasteiger charge is -2.31. The fourth-order valence-corrected chi connectivity index (χ4v) is 2.72. The lowest BCUT2D eigenvalue weighted by molar-refractivity contribution is 0.214. The van der Waals surface area contributed by atoms with Crippen LogP contribution < -0.4 is 9.64 Å². The van der Waals surface area contributed by atoms with Gasteiger partial charge in [-0.2, -0.15) is 0 Å². The van der Waals surface area contributed by atoms with Crippen LogP contribution in [0.4, 0.5) is 5.95 Å². The molecule has 0 atom stereocenters. The normalized spacial score (nSPS) is 15.7. The monoisotopic (exact) mass is 333 g/mol. The van der Waals surface area contributed by atoms with E-state index < -0.39 is 0 Å². The summed E-state index contributed by atoms with van der Waals surface area (Å²) in [6.07, 6.45) is 6.93. The molecule has 0 N–H and O–H groups in total. The lowest BCUT2D eigenvalue weighted by atomic mass is 9.98. The zero-order valence-electron chi connectivity index (χ0n) is 13.4. The minimum absolute atomic E-state index is 0.522. The highest BCUT2D eigenvalue weighted by Crippen LogP contribution is 2.23. The first-order valence-corrected chi connectivity index (χ1v) is 8.15. The molecule has 2 aromatic rings. The minimum atomic E-state index is 0.522. The van der Waals surface area contributed by atoms with E-state index in [9.17, 15) is 0 Å². The van der Waals surface area contributed by atoms with Crippen LogP contribution in [-0.4, -0.2) is 39.6 Å². The first-order chi connectivity index (χ1) is 11.1. The molecule has 0 radical (unpaired) electrons. The molecule has 6 nitrogen and oxygen atoms in total. The molecule has 2 aromatic heterocycles. The van der Waals surface area contributed by atoms with E-state index >= 15 is 0 Å². The van der Waals surface area contributed by atoms with Crippen LogP contribution in [0.25, 0.3) is 0 Å². The molecular formula is C16H20ClN5O. The molecule has 0 bridgehead atoms. The van der Waals surface area contributed by atoms with Gasteiger partial charge in [-0.15, -0.1) is 0 Å². The maximum absolute atomic E-state index is 5.90. The molecule has 7 heteroatoms. The Morgan fingerprint density at radius 3 is 2.52 bits per heavy atom. The third-order valence-corrected chi connectivity index (χ3v) is 4.44. The molecule has 1 saturated heterocycles. The topological polar surface area (TPSA) is 64.0 Å². The average Bonchev–Trinajstić information content (AvgIpc) is 2.57. The largest absolute Gasteiger partial charge is 0.477 e. The van der Waals surface area contributed by atoms with Crippen LogP contribution >= 0.6 is 11.6 Å². The van der Waals surface area contributed by atoms with Crippen LogP contribution in [0.15, 0.2) is 18.7 Å². The van der Waals surface area contributed by atoms with Gasteiger partial charge in [0, 0.05) is 24.3 Å². The Kier molecular flexibility index (Phi) is 4.91. The van der Waals surface area contributed by atoms with Crippen molar-refractivity contribution in [3.8, 4) is 5.88 Å². The Labute approximate surface area is 140 Å². The number of hydrogen-bond donors (Lipinski definition) is 0. The van der Waals surface area contributed by atoms with E-state index in [1.165, 1.54) is 0 Å². The van der Waals surface area contributed by atoms with Gasteiger partial charge in [-0.3, -0.25) is 0 Å². The van der Waals surface area contributed by atoms with Gasteiger partial charge in [0.05, 0.1) is 24.0 Å². The molecule has 1 aliphatic rings. The molecule has 0 amide bonds. The molecule has 0 unspecified atom stereocenters. The number of aryl methyl sites for hydroxylation is 1. The molecule has 23 heavy (non-hydrogen) atoms. The summed E-state index contributed by atoms with van der Waals surface area (Å²) in [7, 11) is 0. The predicted molar refractivity (Wildman–Crippen MR) is 89.0 cm³/mol. The molecule has 1 aliphatic heterocycles. The van der Waals surface area contributed by atoms with E-state index in [0.717, 1.165) is 43.1 Å². The zero-order chi connectivity index (χ0) is 16.2. The Morgan fingerprint density at radius 1 is 1.13 bits per heavy atom. The Hall–Kier alpha value is -1.95. The summed E-state index contributed by atoms with van der Waals surface area (Å²) in [6, 6.07) is 0. The summed E-state index contributed by atoms with van der Waals surface area (Å²) in [5.74, 6) is 1.96. The third kappa shape index (κ3) is 3.88. The molecular weight excluding hydrogens is 314 g/mol. The summed E-state index contributed by atoms with van der Waals surface area (Å²) in [4.78, 5) is 19.1. The van der Waals surface area contributed by atoms with E-state index in [0.29, 0.717) is 23.4 Å². The van der Waals surface area contributed by atoms with Gasteiger partial charge in [-0.25, -0.2) is 19.9 Å². The van der Waals surface area contributed by atoms with Gasteiger partial charge in [-0.05, 0) is 32.6 Å². The number of halogens is 1. The van der Waals surface area contributed by atoms with Gasteiger partial charge < -0.3 is 9.64 Å². The highest BCUT2D eigenvalue weighted by atomic mass is 35.5.